The number of anilines is 1. The number of hydrogen-bond donors (Lipinski definition) is 0. The standard InChI is InChI=1S/C36H35N3.2CHF3O3S/c1-37(2)32-19-18-27(30-11-3-4-12-31(30)32)15-14-26-20-24-39-23-8-10-29-17-16-28-9-7-22-38-21-6-5-13-33(38)35(28)36(29)34(39)25-26;2*2-1(3,4)8(5,6)7/h3-6,11-21,24-25H,7-10,22-23H2,1-2H3;2*(H,5,6,7)/q+2;;/p-2. The van der Waals surface area contributed by atoms with Crippen molar-refractivity contribution in [3.63, 3.8) is 0 Å². The zero-order chi connectivity index (χ0) is 40.3. The minimum absolute atomic E-state index is 1.05. The van der Waals surface area contributed by atoms with Crippen LogP contribution in [0.2, 0.25) is 0 Å². The van der Waals surface area contributed by atoms with Gasteiger partial charge >= 0.3 is 11.0 Å². The summed E-state index contributed by atoms with van der Waals surface area (Å²) in [6, 6.07) is 29.3. The van der Waals surface area contributed by atoms with Gasteiger partial charge in [-0.25, -0.2) is 16.8 Å². The van der Waals surface area contributed by atoms with E-state index in [1.165, 1.54) is 67.6 Å². The van der Waals surface area contributed by atoms with Crippen LogP contribution in [0.15, 0.2) is 91.3 Å². The van der Waals surface area contributed by atoms with E-state index in [1.54, 1.807) is 0 Å². The van der Waals surface area contributed by atoms with Crippen molar-refractivity contribution in [2.75, 3.05) is 19.0 Å². The summed E-state index contributed by atoms with van der Waals surface area (Å²) in [5.74, 6) is 0. The number of nitrogens with zero attached hydrogens (tertiary/aromatic N) is 3. The molecule has 0 aliphatic carbocycles. The molecule has 2 aromatic heterocycles. The maximum Gasteiger partial charge on any atom is 0.485 e. The first-order valence-corrected chi connectivity index (χ1v) is 19.6. The van der Waals surface area contributed by atoms with Gasteiger partial charge in [0.1, 0.15) is 13.1 Å². The molecule has 292 valence electrons. The van der Waals surface area contributed by atoms with Crippen LogP contribution in [0.4, 0.5) is 32.0 Å². The third-order valence-electron chi connectivity index (χ3n) is 9.02. The number of aromatic nitrogens is 2. The molecule has 4 heterocycles. The Labute approximate surface area is 314 Å². The molecule has 7 rings (SSSR count). The first kappa shape index (κ1) is 41.3. The molecular formula is C38H35F6N3O6S2. The van der Waals surface area contributed by atoms with Crippen LogP contribution in [0.3, 0.4) is 0 Å². The van der Waals surface area contributed by atoms with Crippen molar-refractivity contribution in [2.24, 2.45) is 0 Å². The van der Waals surface area contributed by atoms with E-state index in [2.05, 4.69) is 132 Å². The molecule has 55 heavy (non-hydrogen) atoms. The van der Waals surface area contributed by atoms with Crippen LogP contribution in [0.5, 0.6) is 0 Å². The summed E-state index contributed by atoms with van der Waals surface area (Å²) < 4.78 is 123. The molecule has 0 N–H and O–H groups in total. The monoisotopic (exact) mass is 807 g/mol. The topological polar surface area (TPSA) is 125 Å². The molecule has 0 amide bonds. The molecule has 0 radical (unpaired) electrons. The van der Waals surface area contributed by atoms with Gasteiger partial charge in [0.2, 0.25) is 11.4 Å². The Morgan fingerprint density at radius 1 is 0.636 bits per heavy atom. The second kappa shape index (κ2) is 16.1. The lowest BCUT2D eigenvalue weighted by Gasteiger charge is -2.16. The fourth-order valence-corrected chi connectivity index (χ4v) is 6.56. The molecule has 2 aliphatic rings. The van der Waals surface area contributed by atoms with Crippen molar-refractivity contribution in [3.05, 3.63) is 114 Å². The van der Waals surface area contributed by atoms with Gasteiger partial charge < -0.3 is 14.0 Å². The number of alkyl halides is 6. The molecule has 0 unspecified atom stereocenters. The van der Waals surface area contributed by atoms with Crippen LogP contribution in [0.1, 0.15) is 35.1 Å². The number of fused-ring (bicyclic) bond motifs is 8. The summed E-state index contributed by atoms with van der Waals surface area (Å²) >= 11 is 0. The molecule has 0 atom stereocenters. The molecule has 2 aliphatic heterocycles. The average molecular weight is 808 g/mol. The average Bonchev–Trinajstić information content (AvgIpc) is 3.41. The van der Waals surface area contributed by atoms with Gasteiger partial charge in [0.15, 0.2) is 32.6 Å². The Hall–Kier alpha value is -4.84. The van der Waals surface area contributed by atoms with Crippen molar-refractivity contribution >= 4 is 48.8 Å². The Bertz CT molecular complexity index is 2430. The minimum atomic E-state index is -6.09. The van der Waals surface area contributed by atoms with E-state index in [-0.39, 0.29) is 0 Å². The summed E-state index contributed by atoms with van der Waals surface area (Å²) in [7, 11) is -7.96. The molecule has 9 nitrogen and oxygen atoms in total. The van der Waals surface area contributed by atoms with E-state index in [1.807, 2.05) is 0 Å². The number of pyridine rings is 2. The number of hydrogen-bond acceptors (Lipinski definition) is 7. The largest absolute Gasteiger partial charge is 0.741 e. The molecule has 3 aromatic carbocycles. The van der Waals surface area contributed by atoms with Gasteiger partial charge in [0, 0.05) is 62.3 Å². The van der Waals surface area contributed by atoms with Crippen LogP contribution >= 0.6 is 0 Å². The van der Waals surface area contributed by atoms with Gasteiger partial charge in [-0.05, 0) is 52.6 Å². The molecule has 17 heteroatoms. The van der Waals surface area contributed by atoms with E-state index in [4.69, 9.17) is 25.9 Å². The van der Waals surface area contributed by atoms with Crippen molar-refractivity contribution in [1.29, 1.82) is 0 Å². The van der Waals surface area contributed by atoms with Gasteiger partial charge in [0.05, 0.1) is 11.1 Å². The van der Waals surface area contributed by atoms with Crippen molar-refractivity contribution in [2.45, 2.75) is 49.8 Å². The van der Waals surface area contributed by atoms with Crippen LogP contribution < -0.4 is 14.0 Å². The van der Waals surface area contributed by atoms with Crippen LogP contribution in [0, 0.1) is 0 Å². The highest BCUT2D eigenvalue weighted by molar-refractivity contribution is 7.86. The normalized spacial score (nSPS) is 14.1. The third kappa shape index (κ3) is 9.52. The molecule has 0 spiro atoms. The highest BCUT2D eigenvalue weighted by Gasteiger charge is 2.37. The lowest BCUT2D eigenvalue weighted by molar-refractivity contribution is -0.687. The Morgan fingerprint density at radius 2 is 1.15 bits per heavy atom. The highest BCUT2D eigenvalue weighted by Crippen LogP contribution is 2.39. The predicted molar refractivity (Wildman–Crippen MR) is 193 cm³/mol. The summed E-state index contributed by atoms with van der Waals surface area (Å²) in [5.41, 5.74) is 0.961. The smallest absolute Gasteiger partial charge is 0.485 e. The van der Waals surface area contributed by atoms with Gasteiger partial charge in [-0.15, -0.1) is 0 Å². The molecule has 0 saturated heterocycles. The lowest BCUT2D eigenvalue weighted by atomic mass is 9.88. The van der Waals surface area contributed by atoms with E-state index in [0.29, 0.717) is 0 Å². The van der Waals surface area contributed by atoms with E-state index < -0.39 is 31.3 Å². The number of benzene rings is 3. The van der Waals surface area contributed by atoms with Crippen LogP contribution in [-0.2, 0) is 46.2 Å². The maximum atomic E-state index is 10.7. The van der Waals surface area contributed by atoms with Crippen LogP contribution in [-0.4, -0.2) is 51.1 Å². The van der Waals surface area contributed by atoms with E-state index in [0.717, 1.165) is 32.4 Å². The summed E-state index contributed by atoms with van der Waals surface area (Å²) in [6.45, 7) is 2.12. The van der Waals surface area contributed by atoms with Crippen molar-refractivity contribution in [1.82, 2.24) is 0 Å². The Kier molecular flexibility index (Phi) is 12.1. The zero-order valence-electron chi connectivity index (χ0n) is 29.4. The predicted octanol–water partition coefficient (Wildman–Crippen LogP) is 6.98. The SMILES string of the molecule is CN(C)c1ccc(/C=C/c2cc[n+]3c(c2)-c2c(ccc4c2-c2cccc[n+]2CCC4)CCC3)c2ccccc12.O=S(=O)([O-])C(F)(F)F.O=S(=O)([O-])C(F)(F)F. The molecule has 0 bridgehead atoms. The van der Waals surface area contributed by atoms with Gasteiger partial charge in [-0.3, -0.25) is 0 Å². The fourth-order valence-electron chi connectivity index (χ4n) is 6.56. The molecular weight excluding hydrogens is 773 g/mol. The second-order valence-electron chi connectivity index (χ2n) is 12.9. The van der Waals surface area contributed by atoms with E-state index >= 15 is 0 Å². The minimum Gasteiger partial charge on any atom is -0.741 e. The van der Waals surface area contributed by atoms with Crippen molar-refractivity contribution < 1.29 is 61.4 Å². The zero-order valence-corrected chi connectivity index (χ0v) is 31.1. The van der Waals surface area contributed by atoms with Gasteiger partial charge in [-0.2, -0.15) is 35.5 Å². The first-order valence-electron chi connectivity index (χ1n) is 16.8. The van der Waals surface area contributed by atoms with E-state index in [9.17, 15) is 26.3 Å². The van der Waals surface area contributed by atoms with Crippen molar-refractivity contribution in [3.8, 4) is 22.5 Å². The lowest BCUT2D eigenvalue weighted by Crippen LogP contribution is -2.36. The number of rotatable bonds is 3. The summed E-state index contributed by atoms with van der Waals surface area (Å²) in [4.78, 5) is 2.19. The Balaban J connectivity index is 0.000000306. The number of aryl methyl sites for hydroxylation is 4. The van der Waals surface area contributed by atoms with Gasteiger partial charge in [-0.1, -0.05) is 54.6 Å². The quantitative estimate of drug-likeness (QED) is 0.0834. The van der Waals surface area contributed by atoms with Crippen LogP contribution in [0.25, 0.3) is 45.4 Å². The number of halogens is 6. The third-order valence-corrected chi connectivity index (χ3v) is 10.2. The molecule has 0 saturated carbocycles. The molecule has 5 aromatic rings. The molecule has 0 fully saturated rings. The summed E-state index contributed by atoms with van der Waals surface area (Å²) in [6.07, 6.45) is 13.7. The second-order valence-corrected chi connectivity index (χ2v) is 15.6. The fraction of sp³-hybridized carbons (Fsp3) is 0.263. The summed E-state index contributed by atoms with van der Waals surface area (Å²) in [5, 5.41) is 2.57. The maximum absolute atomic E-state index is 10.7. The Morgan fingerprint density at radius 3 is 1.69 bits per heavy atom. The highest BCUT2D eigenvalue weighted by atomic mass is 32.2. The van der Waals surface area contributed by atoms with Gasteiger partial charge in [0.25, 0.3) is 0 Å². The first-order chi connectivity index (χ1) is 25.7.